The van der Waals surface area contributed by atoms with Gasteiger partial charge < -0.3 is 0 Å². The molecule has 2 aromatic heterocycles. The highest BCUT2D eigenvalue weighted by Gasteiger charge is 2.59. The van der Waals surface area contributed by atoms with Crippen LogP contribution in [0.4, 0.5) is 0 Å². The van der Waals surface area contributed by atoms with Gasteiger partial charge in [-0.1, -0.05) is 188 Å². The molecule has 0 bridgehead atoms. The Morgan fingerprint density at radius 2 is 0.985 bits per heavy atom. The zero-order valence-electron chi connectivity index (χ0n) is 36.5. The number of fused-ring (bicyclic) bond motifs is 20. The summed E-state index contributed by atoms with van der Waals surface area (Å²) in [6.07, 6.45) is 6.66. The molecule has 9 aromatic carbocycles. The number of thiophene rings is 1. The van der Waals surface area contributed by atoms with Crippen molar-refractivity contribution in [2.45, 2.75) is 23.7 Å². The molecule has 11 aromatic rings. The van der Waals surface area contributed by atoms with Gasteiger partial charge in [0.2, 0.25) is 0 Å². The molecule has 15 rings (SSSR count). The van der Waals surface area contributed by atoms with E-state index in [4.69, 9.17) is 9.97 Å². The molecule has 0 amide bonds. The van der Waals surface area contributed by atoms with Crippen LogP contribution in [0.1, 0.15) is 62.1 Å². The number of hydrogen-bond donors (Lipinski definition) is 0. The van der Waals surface area contributed by atoms with Gasteiger partial charge >= 0.3 is 0 Å². The Morgan fingerprint density at radius 3 is 1.72 bits per heavy atom. The van der Waals surface area contributed by atoms with Crippen LogP contribution in [0.25, 0.3) is 82.4 Å². The summed E-state index contributed by atoms with van der Waals surface area (Å²) in [6, 6.07) is 77.7. The Kier molecular flexibility index (Phi) is 7.66. The number of hydrogen-bond acceptors (Lipinski definition) is 3. The summed E-state index contributed by atoms with van der Waals surface area (Å²) in [4.78, 5) is 10.9. The van der Waals surface area contributed by atoms with Gasteiger partial charge in [-0.25, -0.2) is 9.97 Å². The molecular weight excluding hydrogens is 829 g/mol. The minimum atomic E-state index is -0.640. The fourth-order valence-corrected chi connectivity index (χ4v) is 13.9. The third kappa shape index (κ3) is 4.89. The van der Waals surface area contributed by atoms with Crippen LogP contribution in [-0.4, -0.2) is 9.97 Å². The molecule has 4 aliphatic carbocycles. The van der Waals surface area contributed by atoms with Crippen molar-refractivity contribution in [1.82, 2.24) is 9.97 Å². The number of rotatable bonds is 3. The van der Waals surface area contributed by atoms with E-state index in [1.807, 2.05) is 11.3 Å². The first-order valence-corrected chi connectivity index (χ1v) is 24.3. The lowest BCUT2D eigenvalue weighted by Crippen LogP contribution is -2.43. The lowest BCUT2D eigenvalue weighted by molar-refractivity contribution is 0.633. The molecule has 0 radical (unpaired) electrons. The van der Waals surface area contributed by atoms with Crippen LogP contribution in [-0.2, 0) is 17.3 Å². The van der Waals surface area contributed by atoms with E-state index in [2.05, 4.69) is 218 Å². The number of aromatic nitrogens is 2. The molecule has 0 aliphatic heterocycles. The summed E-state index contributed by atoms with van der Waals surface area (Å²) < 4.78 is 2.61. The number of aryl methyl sites for hydroxylation is 1. The first kappa shape index (κ1) is 37.3. The smallest absolute Gasteiger partial charge is 0.160 e. The van der Waals surface area contributed by atoms with Crippen molar-refractivity contribution in [3.63, 3.8) is 0 Å². The van der Waals surface area contributed by atoms with Crippen LogP contribution >= 0.6 is 11.3 Å². The average molecular weight is 869 g/mol. The van der Waals surface area contributed by atoms with Crippen molar-refractivity contribution in [2.24, 2.45) is 0 Å². The van der Waals surface area contributed by atoms with E-state index in [0.29, 0.717) is 0 Å². The third-order valence-corrected chi connectivity index (χ3v) is 16.6. The lowest BCUT2D eigenvalue weighted by Gasteiger charge is -2.48. The van der Waals surface area contributed by atoms with Crippen molar-refractivity contribution in [1.29, 1.82) is 0 Å². The summed E-state index contributed by atoms with van der Waals surface area (Å²) >= 11 is 1.90. The highest BCUT2D eigenvalue weighted by atomic mass is 32.1. The third-order valence-electron chi connectivity index (χ3n) is 15.4. The minimum absolute atomic E-state index is 0.510. The SMILES string of the molecule is C1=Cc2cc(-c3nc(-c4ccccc4)cc(-c4cccc5c4-c4cc6c(cc4C54c5ccccc5C5(c7ccccc7-c7ccccc75)c5ccccc54)sc4ccccc46)n3)ccc2CC1. The molecule has 0 saturated carbocycles. The maximum Gasteiger partial charge on any atom is 0.160 e. The fourth-order valence-electron chi connectivity index (χ4n) is 12.8. The molecule has 4 aliphatic rings. The summed E-state index contributed by atoms with van der Waals surface area (Å²) in [5, 5.41) is 2.59. The van der Waals surface area contributed by atoms with Crippen molar-refractivity contribution >= 4 is 37.6 Å². The van der Waals surface area contributed by atoms with Gasteiger partial charge in [0.15, 0.2) is 5.82 Å². The molecule has 0 N–H and O–H groups in total. The molecule has 0 unspecified atom stereocenters. The average Bonchev–Trinajstić information content (AvgIpc) is 4.02. The van der Waals surface area contributed by atoms with E-state index in [-0.39, 0.29) is 0 Å². The molecule has 0 atom stereocenters. The Morgan fingerprint density at radius 1 is 0.388 bits per heavy atom. The molecule has 3 heteroatoms. The zero-order chi connectivity index (χ0) is 43.8. The van der Waals surface area contributed by atoms with Gasteiger partial charge in [0, 0.05) is 36.9 Å². The van der Waals surface area contributed by atoms with Gasteiger partial charge in [-0.15, -0.1) is 11.3 Å². The van der Waals surface area contributed by atoms with Crippen LogP contribution in [0, 0.1) is 0 Å². The van der Waals surface area contributed by atoms with E-state index in [0.717, 1.165) is 46.7 Å². The summed E-state index contributed by atoms with van der Waals surface area (Å²) in [5.41, 5.74) is 22.3. The molecule has 0 fully saturated rings. The topological polar surface area (TPSA) is 25.8 Å². The number of benzene rings is 9. The lowest BCUT2D eigenvalue weighted by atomic mass is 9.52. The van der Waals surface area contributed by atoms with Crippen molar-refractivity contribution in [3.05, 3.63) is 268 Å². The van der Waals surface area contributed by atoms with Crippen LogP contribution in [0.2, 0.25) is 0 Å². The Bertz CT molecular complexity index is 3850. The van der Waals surface area contributed by atoms with E-state index in [9.17, 15) is 0 Å². The molecule has 2 heterocycles. The first-order chi connectivity index (χ1) is 33.2. The predicted molar refractivity (Wildman–Crippen MR) is 277 cm³/mol. The Labute approximate surface area is 393 Å². The van der Waals surface area contributed by atoms with Crippen molar-refractivity contribution in [2.75, 3.05) is 0 Å². The number of allylic oxidation sites excluding steroid dienone is 1. The maximum atomic E-state index is 5.60. The highest BCUT2D eigenvalue weighted by Crippen LogP contribution is 2.68. The molecule has 2 spiro atoms. The molecule has 0 saturated heterocycles. The quantitative estimate of drug-likeness (QED) is 0.177. The van der Waals surface area contributed by atoms with Gasteiger partial charge in [0.25, 0.3) is 0 Å². The van der Waals surface area contributed by atoms with Gasteiger partial charge in [-0.05, 0) is 121 Å². The molecule has 2 nitrogen and oxygen atoms in total. The van der Waals surface area contributed by atoms with Crippen LogP contribution < -0.4 is 0 Å². The van der Waals surface area contributed by atoms with Crippen LogP contribution in [0.15, 0.2) is 212 Å². The van der Waals surface area contributed by atoms with E-state index in [1.165, 1.54) is 98.1 Å². The normalized spacial score (nSPS) is 14.9. The van der Waals surface area contributed by atoms with Gasteiger partial charge in [0.05, 0.1) is 22.2 Å². The van der Waals surface area contributed by atoms with Crippen LogP contribution in [0.5, 0.6) is 0 Å². The van der Waals surface area contributed by atoms with E-state index < -0.39 is 10.8 Å². The van der Waals surface area contributed by atoms with Gasteiger partial charge in [-0.2, -0.15) is 0 Å². The minimum Gasteiger partial charge on any atom is -0.228 e. The second-order valence-corrected chi connectivity index (χ2v) is 19.7. The first-order valence-electron chi connectivity index (χ1n) is 23.4. The maximum absolute atomic E-state index is 5.60. The molecule has 312 valence electrons. The Hall–Kier alpha value is -7.98. The summed E-state index contributed by atoms with van der Waals surface area (Å²) in [6.45, 7) is 0. The van der Waals surface area contributed by atoms with Crippen LogP contribution in [0.3, 0.4) is 0 Å². The van der Waals surface area contributed by atoms with Gasteiger partial charge in [-0.3, -0.25) is 0 Å². The zero-order valence-corrected chi connectivity index (χ0v) is 37.3. The van der Waals surface area contributed by atoms with Gasteiger partial charge in [0.1, 0.15) is 0 Å². The second kappa shape index (κ2) is 13.8. The Balaban J connectivity index is 1.07. The summed E-state index contributed by atoms with van der Waals surface area (Å²) in [5.74, 6) is 0.733. The highest BCUT2D eigenvalue weighted by molar-refractivity contribution is 7.25. The van der Waals surface area contributed by atoms with E-state index >= 15 is 0 Å². The van der Waals surface area contributed by atoms with Crippen molar-refractivity contribution < 1.29 is 0 Å². The monoisotopic (exact) mass is 868 g/mol. The molecular formula is C64H40N2S. The second-order valence-electron chi connectivity index (χ2n) is 18.6. The fraction of sp³-hybridized carbons (Fsp3) is 0.0625. The number of nitrogens with zero attached hydrogens (tertiary/aromatic N) is 2. The standard InChI is InChI=1S/C64H40N2S/c1-2-18-40(19-3-1)57-38-58(66-62(65-57)42-34-33-39-17-4-5-20-41(39)35-42)46-24-16-31-55-61(46)48-36-47-45-23-8-15-32-59(45)67-60(47)37-56(48)64(55)53-29-13-11-27-51(53)63(52-28-12-14-30-54(52)64)49-25-9-6-21-43(49)44-22-7-10-26-50(44)63/h1-3,5-16,18-38H,4,17H2. The van der Waals surface area contributed by atoms with E-state index in [1.54, 1.807) is 0 Å². The molecule has 67 heavy (non-hydrogen) atoms. The predicted octanol–water partition coefficient (Wildman–Crippen LogP) is 15.8. The van der Waals surface area contributed by atoms with Crippen molar-refractivity contribution in [3.8, 4) is 56.2 Å². The largest absolute Gasteiger partial charge is 0.228 e. The summed E-state index contributed by atoms with van der Waals surface area (Å²) in [7, 11) is 0.